The van der Waals surface area contributed by atoms with E-state index in [0.717, 1.165) is 24.6 Å². The van der Waals surface area contributed by atoms with Crippen LogP contribution in [0.15, 0.2) is 18.2 Å². The van der Waals surface area contributed by atoms with E-state index in [1.807, 2.05) is 13.8 Å². The lowest BCUT2D eigenvalue weighted by molar-refractivity contribution is -0.116. The van der Waals surface area contributed by atoms with Gasteiger partial charge in [0.15, 0.2) is 0 Å². The monoisotopic (exact) mass is 258 g/mol. The fourth-order valence-electron chi connectivity index (χ4n) is 1.30. The van der Waals surface area contributed by atoms with Gasteiger partial charge in [-0.2, -0.15) is 11.8 Å². The minimum absolute atomic E-state index is 0.0347. The second kappa shape index (κ2) is 6.74. The number of halogens is 2. The zero-order chi connectivity index (χ0) is 12.8. The van der Waals surface area contributed by atoms with Gasteiger partial charge in [-0.25, -0.2) is 8.78 Å². The number of carbonyl (C=O) groups excluding carboxylic acids is 1. The molecule has 1 aromatic rings. The van der Waals surface area contributed by atoms with Gasteiger partial charge in [0.05, 0.1) is 5.75 Å². The van der Waals surface area contributed by atoms with E-state index in [1.54, 1.807) is 11.8 Å². The van der Waals surface area contributed by atoms with Gasteiger partial charge in [-0.05, 0) is 30.2 Å². The maximum absolute atomic E-state index is 13.3. The second-order valence-electron chi connectivity index (χ2n) is 3.98. The Morgan fingerprint density at radius 3 is 2.76 bits per heavy atom. The second-order valence-corrected chi connectivity index (χ2v) is 5.41. The Morgan fingerprint density at radius 2 is 2.12 bits per heavy atom. The summed E-state index contributed by atoms with van der Waals surface area (Å²) in [4.78, 5) is 11.6. The Morgan fingerprint density at radius 1 is 1.41 bits per heavy atom. The molecule has 0 saturated carbocycles. The van der Waals surface area contributed by atoms with Crippen molar-refractivity contribution in [3.8, 4) is 0 Å². The molecule has 94 valence electrons. The zero-order valence-corrected chi connectivity index (χ0v) is 10.8. The molecule has 0 saturated heterocycles. The van der Waals surface area contributed by atoms with Gasteiger partial charge < -0.3 is 0 Å². The van der Waals surface area contributed by atoms with E-state index in [1.165, 1.54) is 0 Å². The largest absolute Gasteiger partial charge is 0.298 e. The summed E-state index contributed by atoms with van der Waals surface area (Å²) in [6.45, 7) is 4.09. The van der Waals surface area contributed by atoms with Gasteiger partial charge in [0.25, 0.3) is 0 Å². The summed E-state index contributed by atoms with van der Waals surface area (Å²) < 4.78 is 26.2. The van der Waals surface area contributed by atoms with Gasteiger partial charge in [0, 0.05) is 11.7 Å². The van der Waals surface area contributed by atoms with Gasteiger partial charge in [-0.1, -0.05) is 13.8 Å². The molecule has 0 bridgehead atoms. The number of carbonyl (C=O) groups is 1. The third-order valence-electron chi connectivity index (χ3n) is 2.50. The zero-order valence-electron chi connectivity index (χ0n) is 10.0. The number of hydrogen-bond acceptors (Lipinski definition) is 2. The summed E-state index contributed by atoms with van der Waals surface area (Å²) in [6.07, 6.45) is 0.958. The number of hydrogen-bond donors (Lipinski definition) is 0. The van der Waals surface area contributed by atoms with E-state index in [2.05, 4.69) is 0 Å². The fraction of sp³-hybridized carbons (Fsp3) is 0.462. The summed E-state index contributed by atoms with van der Waals surface area (Å²) in [7, 11) is 0. The maximum atomic E-state index is 13.3. The van der Waals surface area contributed by atoms with Crippen LogP contribution >= 0.6 is 11.8 Å². The molecule has 0 aliphatic rings. The van der Waals surface area contributed by atoms with Crippen LogP contribution in [0, 0.1) is 11.6 Å². The topological polar surface area (TPSA) is 17.1 Å². The van der Waals surface area contributed by atoms with Crippen molar-refractivity contribution in [2.24, 2.45) is 0 Å². The van der Waals surface area contributed by atoms with E-state index in [4.69, 9.17) is 0 Å². The Balaban J connectivity index is 2.53. The molecule has 0 spiro atoms. The predicted octanol–water partition coefficient (Wildman–Crippen LogP) is 3.61. The third-order valence-corrected chi connectivity index (χ3v) is 3.89. The predicted molar refractivity (Wildman–Crippen MR) is 67.3 cm³/mol. The lowest BCUT2D eigenvalue weighted by atomic mass is 10.1. The lowest BCUT2D eigenvalue weighted by Crippen LogP contribution is -2.10. The Kier molecular flexibility index (Phi) is 5.62. The summed E-state index contributed by atoms with van der Waals surface area (Å²) >= 11 is 1.55. The van der Waals surface area contributed by atoms with Crippen LogP contribution in [-0.4, -0.2) is 16.8 Å². The highest BCUT2D eigenvalue weighted by Crippen LogP contribution is 2.16. The Hall–Kier alpha value is -0.900. The molecule has 0 fully saturated rings. The van der Waals surface area contributed by atoms with E-state index >= 15 is 0 Å². The summed E-state index contributed by atoms with van der Waals surface area (Å²) in [6, 6.07) is 3.19. The summed E-state index contributed by atoms with van der Waals surface area (Å²) in [5.41, 5.74) is 0.139. The first kappa shape index (κ1) is 14.2. The van der Waals surface area contributed by atoms with Gasteiger partial charge in [0.2, 0.25) is 0 Å². The summed E-state index contributed by atoms with van der Waals surface area (Å²) in [5, 5.41) is 0.413. The molecule has 0 N–H and O–H groups in total. The molecule has 1 atom stereocenters. The first-order valence-electron chi connectivity index (χ1n) is 5.60. The van der Waals surface area contributed by atoms with E-state index < -0.39 is 11.6 Å². The van der Waals surface area contributed by atoms with Crippen molar-refractivity contribution < 1.29 is 13.6 Å². The molecule has 0 radical (unpaired) electrons. The molecule has 0 aromatic heterocycles. The van der Waals surface area contributed by atoms with Crippen LogP contribution in [0.4, 0.5) is 8.78 Å². The number of rotatable bonds is 6. The Labute approximate surface area is 105 Å². The highest BCUT2D eigenvalue weighted by atomic mass is 32.2. The lowest BCUT2D eigenvalue weighted by Gasteiger charge is -2.07. The molecule has 17 heavy (non-hydrogen) atoms. The van der Waals surface area contributed by atoms with Crippen molar-refractivity contribution in [2.75, 3.05) is 5.75 Å². The van der Waals surface area contributed by atoms with Crippen LogP contribution in [0.1, 0.15) is 25.8 Å². The van der Waals surface area contributed by atoms with Crippen molar-refractivity contribution in [3.63, 3.8) is 0 Å². The van der Waals surface area contributed by atoms with Crippen LogP contribution in [-0.2, 0) is 11.2 Å². The van der Waals surface area contributed by atoms with Crippen molar-refractivity contribution in [1.29, 1.82) is 0 Å². The molecular formula is C13H16F2OS. The molecule has 0 heterocycles. The van der Waals surface area contributed by atoms with Gasteiger partial charge in [0.1, 0.15) is 17.4 Å². The molecule has 0 amide bonds. The van der Waals surface area contributed by atoms with Gasteiger partial charge in [-0.3, -0.25) is 4.79 Å². The molecule has 1 unspecified atom stereocenters. The van der Waals surface area contributed by atoms with Crippen LogP contribution in [0.5, 0.6) is 0 Å². The van der Waals surface area contributed by atoms with Crippen LogP contribution in [0.3, 0.4) is 0 Å². The quantitative estimate of drug-likeness (QED) is 0.775. The van der Waals surface area contributed by atoms with Crippen LogP contribution in [0.2, 0.25) is 0 Å². The smallest absolute Gasteiger partial charge is 0.147 e. The highest BCUT2D eigenvalue weighted by Gasteiger charge is 2.10. The normalized spacial score (nSPS) is 12.5. The van der Waals surface area contributed by atoms with Gasteiger partial charge in [-0.15, -0.1) is 0 Å². The average Bonchev–Trinajstić information content (AvgIpc) is 2.30. The standard InChI is InChI=1S/C13H16F2OS/c1-3-9(2)17-8-12(16)7-10-6-11(14)4-5-13(10)15/h4-6,9H,3,7-8H2,1-2H3. The van der Waals surface area contributed by atoms with Crippen molar-refractivity contribution in [2.45, 2.75) is 31.9 Å². The van der Waals surface area contributed by atoms with Crippen LogP contribution in [0.25, 0.3) is 0 Å². The maximum Gasteiger partial charge on any atom is 0.147 e. The highest BCUT2D eigenvalue weighted by molar-refractivity contribution is 8.00. The molecular weight excluding hydrogens is 242 g/mol. The summed E-state index contributed by atoms with van der Waals surface area (Å²) in [5.74, 6) is -0.748. The van der Waals surface area contributed by atoms with E-state index in [9.17, 15) is 13.6 Å². The molecule has 1 rings (SSSR count). The third kappa shape index (κ3) is 4.86. The minimum atomic E-state index is -0.520. The Bertz CT molecular complexity index is 393. The average molecular weight is 258 g/mol. The van der Waals surface area contributed by atoms with Gasteiger partial charge >= 0.3 is 0 Å². The van der Waals surface area contributed by atoms with E-state index in [-0.39, 0.29) is 17.8 Å². The minimum Gasteiger partial charge on any atom is -0.298 e. The fourth-order valence-corrected chi connectivity index (χ4v) is 2.10. The number of ketones is 1. The molecule has 4 heteroatoms. The van der Waals surface area contributed by atoms with Crippen molar-refractivity contribution in [1.82, 2.24) is 0 Å². The first-order valence-corrected chi connectivity index (χ1v) is 6.65. The number of Topliss-reactive ketones (excluding diaryl/α,β-unsaturated/α-hetero) is 1. The molecule has 0 aliphatic carbocycles. The van der Waals surface area contributed by atoms with E-state index in [0.29, 0.717) is 11.0 Å². The molecule has 1 aromatic carbocycles. The molecule has 0 aliphatic heterocycles. The molecule has 1 nitrogen and oxygen atoms in total. The number of thioether (sulfide) groups is 1. The van der Waals surface area contributed by atoms with Crippen molar-refractivity contribution >= 4 is 17.5 Å². The SMILES string of the molecule is CCC(C)SCC(=O)Cc1cc(F)ccc1F. The van der Waals surface area contributed by atoms with Crippen LogP contribution < -0.4 is 0 Å². The number of benzene rings is 1. The van der Waals surface area contributed by atoms with Crippen molar-refractivity contribution in [3.05, 3.63) is 35.4 Å². The first-order chi connectivity index (χ1) is 8.02.